The van der Waals surface area contributed by atoms with Crippen molar-refractivity contribution in [3.05, 3.63) is 35.9 Å². The maximum atomic E-state index is 10.3. The Bertz CT molecular complexity index is 363. The fourth-order valence-electron chi connectivity index (χ4n) is 1.10. The number of thiocarbonyl (C=S) groups is 1. The van der Waals surface area contributed by atoms with Gasteiger partial charge in [0.05, 0.1) is 0 Å². The van der Waals surface area contributed by atoms with E-state index in [0.29, 0.717) is 5.11 Å². The number of hydrogen-bond donors (Lipinski definition) is 2. The summed E-state index contributed by atoms with van der Waals surface area (Å²) in [5, 5.41) is 16.7. The van der Waals surface area contributed by atoms with Crippen LogP contribution in [0, 0.1) is 0 Å². The van der Waals surface area contributed by atoms with E-state index in [9.17, 15) is 5.11 Å². The van der Waals surface area contributed by atoms with Crippen LogP contribution in [0.3, 0.4) is 0 Å². The van der Waals surface area contributed by atoms with Crippen molar-refractivity contribution in [3.63, 3.8) is 0 Å². The van der Waals surface area contributed by atoms with Gasteiger partial charge >= 0.3 is 0 Å². The second kappa shape index (κ2) is 6.16. The van der Waals surface area contributed by atoms with Crippen molar-refractivity contribution in [2.24, 2.45) is 0 Å². The smallest absolute Gasteiger partial charge is 0.170 e. The van der Waals surface area contributed by atoms with E-state index in [4.69, 9.17) is 12.2 Å². The lowest BCUT2D eigenvalue weighted by Gasteiger charge is -2.07. The van der Waals surface area contributed by atoms with Gasteiger partial charge in [0.1, 0.15) is 6.61 Å². The summed E-state index contributed by atoms with van der Waals surface area (Å²) in [6.45, 7) is -0.202. The zero-order valence-electron chi connectivity index (χ0n) is 8.49. The second-order valence-electron chi connectivity index (χ2n) is 2.90. The predicted octanol–water partition coefficient (Wildman–Crippen LogP) is 2.05. The average molecular weight is 221 g/mol. The van der Waals surface area contributed by atoms with Crippen LogP contribution in [-0.4, -0.2) is 18.8 Å². The third-order valence-electron chi connectivity index (χ3n) is 1.78. The standard InChI is InChI=1S/C11H13N2OS/c1-12-11(15)13-10-6-2-4-9(8-10)5-3-7-14/h2-6,8H,7H2,1H3,(H2,12,13,15). The minimum absolute atomic E-state index is 0.202. The van der Waals surface area contributed by atoms with Crippen LogP contribution in [0.4, 0.5) is 5.69 Å². The molecule has 3 nitrogen and oxygen atoms in total. The zero-order valence-corrected chi connectivity index (χ0v) is 9.30. The van der Waals surface area contributed by atoms with E-state index in [0.717, 1.165) is 11.3 Å². The molecule has 1 radical (unpaired) electrons. The van der Waals surface area contributed by atoms with Crippen LogP contribution in [0.25, 0.3) is 6.08 Å². The third-order valence-corrected chi connectivity index (χ3v) is 2.08. The van der Waals surface area contributed by atoms with Gasteiger partial charge in [0, 0.05) is 12.7 Å². The van der Waals surface area contributed by atoms with E-state index in [2.05, 4.69) is 10.6 Å². The summed E-state index contributed by atoms with van der Waals surface area (Å²) in [6.07, 6.45) is 3.37. The normalized spacial score (nSPS) is 10.3. The first-order chi connectivity index (χ1) is 7.26. The summed E-state index contributed by atoms with van der Waals surface area (Å²) in [6, 6.07) is 7.68. The van der Waals surface area contributed by atoms with Crippen molar-refractivity contribution >= 4 is 29.1 Å². The first-order valence-electron chi connectivity index (χ1n) is 4.59. The molecule has 0 aromatic heterocycles. The molecule has 1 rings (SSSR count). The number of anilines is 1. The molecule has 15 heavy (non-hydrogen) atoms. The van der Waals surface area contributed by atoms with Gasteiger partial charge in [-0.1, -0.05) is 24.3 Å². The number of hydrogen-bond acceptors (Lipinski definition) is 1. The molecule has 1 aromatic carbocycles. The predicted molar refractivity (Wildman–Crippen MR) is 66.3 cm³/mol. The minimum Gasteiger partial charge on any atom is -0.366 e. The molecule has 0 aliphatic rings. The lowest BCUT2D eigenvalue weighted by molar-refractivity contribution is 0.233. The molecule has 0 heterocycles. The molecule has 2 N–H and O–H groups in total. The number of nitrogens with one attached hydrogen (secondary N) is 2. The number of benzene rings is 1. The van der Waals surface area contributed by atoms with E-state index in [1.807, 2.05) is 24.3 Å². The second-order valence-corrected chi connectivity index (χ2v) is 3.31. The highest BCUT2D eigenvalue weighted by atomic mass is 32.1. The highest BCUT2D eigenvalue weighted by Crippen LogP contribution is 2.11. The molecule has 0 amide bonds. The van der Waals surface area contributed by atoms with Gasteiger partial charge in [-0.15, -0.1) is 0 Å². The Hall–Kier alpha value is -1.39. The quantitative estimate of drug-likeness (QED) is 0.768. The molecule has 1 aromatic rings. The molecule has 4 heteroatoms. The van der Waals surface area contributed by atoms with Crippen LogP contribution in [0.1, 0.15) is 5.56 Å². The van der Waals surface area contributed by atoms with Crippen molar-refractivity contribution in [3.8, 4) is 0 Å². The SMILES string of the molecule is CNC(=S)Nc1cccc(C=CC[O])c1. The molecule has 0 atom stereocenters. The van der Waals surface area contributed by atoms with Crippen LogP contribution < -0.4 is 10.6 Å². The van der Waals surface area contributed by atoms with Gasteiger partial charge in [-0.2, -0.15) is 0 Å². The van der Waals surface area contributed by atoms with Crippen LogP contribution in [0.15, 0.2) is 30.3 Å². The van der Waals surface area contributed by atoms with Gasteiger partial charge < -0.3 is 10.6 Å². The highest BCUT2D eigenvalue weighted by molar-refractivity contribution is 7.80. The Kier molecular flexibility index (Phi) is 4.80. The summed E-state index contributed by atoms with van der Waals surface area (Å²) < 4.78 is 0. The first kappa shape index (κ1) is 11.7. The van der Waals surface area contributed by atoms with Crippen molar-refractivity contribution in [2.45, 2.75) is 0 Å². The van der Waals surface area contributed by atoms with E-state index in [1.165, 1.54) is 0 Å². The van der Waals surface area contributed by atoms with Gasteiger partial charge in [0.2, 0.25) is 0 Å². The van der Waals surface area contributed by atoms with Gasteiger partial charge in [0.25, 0.3) is 0 Å². The average Bonchev–Trinajstić information content (AvgIpc) is 2.26. The molecule has 0 unspecified atom stereocenters. The summed E-state index contributed by atoms with van der Waals surface area (Å²) in [5.74, 6) is 0. The molecule has 0 fully saturated rings. The van der Waals surface area contributed by atoms with Crippen molar-refractivity contribution < 1.29 is 5.11 Å². The Morgan fingerprint density at radius 1 is 1.53 bits per heavy atom. The Balaban J connectivity index is 2.74. The Morgan fingerprint density at radius 2 is 2.33 bits per heavy atom. The molecule has 0 spiro atoms. The van der Waals surface area contributed by atoms with E-state index < -0.39 is 0 Å². The summed E-state index contributed by atoms with van der Waals surface area (Å²) in [4.78, 5) is 0. The van der Waals surface area contributed by atoms with Crippen molar-refractivity contribution in [1.29, 1.82) is 0 Å². The number of rotatable bonds is 3. The first-order valence-corrected chi connectivity index (χ1v) is 5.00. The minimum atomic E-state index is -0.202. The lowest BCUT2D eigenvalue weighted by atomic mass is 10.2. The summed E-state index contributed by atoms with van der Waals surface area (Å²) >= 11 is 4.98. The fourth-order valence-corrected chi connectivity index (χ4v) is 1.22. The zero-order chi connectivity index (χ0) is 11.1. The van der Waals surface area contributed by atoms with Crippen molar-refractivity contribution in [1.82, 2.24) is 5.32 Å². The third kappa shape index (κ3) is 4.10. The van der Waals surface area contributed by atoms with Crippen LogP contribution in [0.2, 0.25) is 0 Å². The van der Waals surface area contributed by atoms with Crippen LogP contribution in [0.5, 0.6) is 0 Å². The monoisotopic (exact) mass is 221 g/mol. The van der Waals surface area contributed by atoms with E-state index in [-0.39, 0.29) is 6.61 Å². The van der Waals surface area contributed by atoms with Gasteiger partial charge in [-0.25, -0.2) is 5.11 Å². The topological polar surface area (TPSA) is 44.0 Å². The highest BCUT2D eigenvalue weighted by Gasteiger charge is 1.94. The van der Waals surface area contributed by atoms with Gasteiger partial charge in [0.15, 0.2) is 5.11 Å². The lowest BCUT2D eigenvalue weighted by Crippen LogP contribution is -2.24. The molecule has 0 bridgehead atoms. The van der Waals surface area contributed by atoms with Crippen molar-refractivity contribution in [2.75, 3.05) is 19.0 Å². The van der Waals surface area contributed by atoms with Crippen LogP contribution >= 0.6 is 12.2 Å². The van der Waals surface area contributed by atoms with Gasteiger partial charge in [-0.3, -0.25) is 0 Å². The molecule has 0 aliphatic carbocycles. The maximum absolute atomic E-state index is 10.3. The summed E-state index contributed by atoms with van der Waals surface area (Å²) in [7, 11) is 1.76. The molecule has 79 valence electrons. The maximum Gasteiger partial charge on any atom is 0.170 e. The van der Waals surface area contributed by atoms with Crippen LogP contribution in [-0.2, 0) is 5.11 Å². The van der Waals surface area contributed by atoms with E-state index in [1.54, 1.807) is 19.2 Å². The molecule has 0 aliphatic heterocycles. The molecular formula is C11H13N2OS. The Labute approximate surface area is 94.8 Å². The molecular weight excluding hydrogens is 208 g/mol. The fraction of sp³-hybridized carbons (Fsp3) is 0.182. The molecule has 0 saturated carbocycles. The molecule has 0 saturated heterocycles. The largest absolute Gasteiger partial charge is 0.366 e. The van der Waals surface area contributed by atoms with E-state index >= 15 is 0 Å². The van der Waals surface area contributed by atoms with Gasteiger partial charge in [-0.05, 0) is 29.9 Å². The Morgan fingerprint density at radius 3 is 3.00 bits per heavy atom. The summed E-state index contributed by atoms with van der Waals surface area (Å²) in [5.41, 5.74) is 1.89.